The summed E-state index contributed by atoms with van der Waals surface area (Å²) in [4.78, 5) is 36.7. The van der Waals surface area contributed by atoms with E-state index in [0.717, 1.165) is 4.88 Å². The maximum absolute atomic E-state index is 11.8. The fourth-order valence-electron chi connectivity index (χ4n) is 1.48. The first kappa shape index (κ1) is 17.5. The first-order valence-corrected chi connectivity index (χ1v) is 7.34. The first-order valence-electron chi connectivity index (χ1n) is 6.14. The minimum Gasteiger partial charge on any atom is -0.481 e. The molecule has 0 bridgehead atoms. The number of carbonyl (C=O) groups excluding carboxylic acids is 2. The van der Waals surface area contributed by atoms with Gasteiger partial charge in [-0.25, -0.2) is 4.79 Å². The van der Waals surface area contributed by atoms with E-state index in [9.17, 15) is 14.4 Å². The summed E-state index contributed by atoms with van der Waals surface area (Å²) >= 11 is 7.15. The molecule has 1 aromatic heterocycles. The van der Waals surface area contributed by atoms with Crippen molar-refractivity contribution >= 4 is 40.8 Å². The van der Waals surface area contributed by atoms with E-state index < -0.39 is 23.3 Å². The lowest BCUT2D eigenvalue weighted by atomic mass is 9.89. The highest BCUT2D eigenvalue weighted by Crippen LogP contribution is 2.22. The Bertz CT molecular complexity index is 556. The number of aliphatic carboxylic acids is 1. The van der Waals surface area contributed by atoms with Crippen LogP contribution in [0.1, 0.15) is 25.1 Å². The van der Waals surface area contributed by atoms with Gasteiger partial charge in [-0.15, -0.1) is 11.3 Å². The number of imide groups is 1. The predicted molar refractivity (Wildman–Crippen MR) is 80.4 cm³/mol. The lowest BCUT2D eigenvalue weighted by molar-refractivity contribution is -0.149. The van der Waals surface area contributed by atoms with Crippen molar-refractivity contribution < 1.29 is 19.5 Å². The number of urea groups is 1. The van der Waals surface area contributed by atoms with Crippen molar-refractivity contribution in [2.45, 2.75) is 26.8 Å². The van der Waals surface area contributed by atoms with Gasteiger partial charge in [-0.3, -0.25) is 14.9 Å². The standard InChI is InChI=1S/C13H17ClN2O4S/c1-13(2,11(18)19)6-10(17)15-12(20)16(3)7-8-4-5-9(14)21-8/h4-5H,6-7H2,1-3H3,(H,18,19)(H,15,17,20). The Kier molecular flexibility index (Phi) is 5.74. The smallest absolute Gasteiger partial charge is 0.324 e. The molecule has 1 rings (SSSR count). The van der Waals surface area contributed by atoms with Crippen molar-refractivity contribution in [3.05, 3.63) is 21.3 Å². The van der Waals surface area contributed by atoms with Crippen LogP contribution < -0.4 is 5.32 Å². The summed E-state index contributed by atoms with van der Waals surface area (Å²) in [7, 11) is 1.54. The molecule has 8 heteroatoms. The van der Waals surface area contributed by atoms with Gasteiger partial charge < -0.3 is 10.0 Å². The molecule has 0 saturated heterocycles. The molecule has 0 saturated carbocycles. The molecule has 0 aliphatic carbocycles. The minimum absolute atomic E-state index is 0.271. The average molecular weight is 333 g/mol. The van der Waals surface area contributed by atoms with Crippen LogP contribution in [0.5, 0.6) is 0 Å². The number of nitrogens with one attached hydrogen (secondary N) is 1. The molecule has 0 radical (unpaired) electrons. The fourth-order valence-corrected chi connectivity index (χ4v) is 2.62. The molecular formula is C13H17ClN2O4S. The molecule has 0 unspecified atom stereocenters. The van der Waals surface area contributed by atoms with Crippen LogP contribution in [0.15, 0.2) is 12.1 Å². The molecule has 0 fully saturated rings. The van der Waals surface area contributed by atoms with Gasteiger partial charge in [-0.2, -0.15) is 0 Å². The van der Waals surface area contributed by atoms with Gasteiger partial charge in [0.15, 0.2) is 0 Å². The molecule has 21 heavy (non-hydrogen) atoms. The summed E-state index contributed by atoms with van der Waals surface area (Å²) in [5.74, 6) is -1.71. The second kappa shape index (κ2) is 6.91. The molecule has 6 nitrogen and oxygen atoms in total. The van der Waals surface area contributed by atoms with Gasteiger partial charge in [-0.1, -0.05) is 11.6 Å². The third-order valence-corrected chi connectivity index (χ3v) is 4.01. The van der Waals surface area contributed by atoms with E-state index in [4.69, 9.17) is 16.7 Å². The summed E-state index contributed by atoms with van der Waals surface area (Å²) in [6, 6.07) is 2.95. The highest BCUT2D eigenvalue weighted by atomic mass is 35.5. The number of hydrogen-bond donors (Lipinski definition) is 2. The predicted octanol–water partition coefficient (Wildman–Crippen LogP) is 2.57. The zero-order valence-electron chi connectivity index (χ0n) is 12.0. The van der Waals surface area contributed by atoms with E-state index in [1.165, 1.54) is 30.1 Å². The van der Waals surface area contributed by atoms with Gasteiger partial charge in [0.25, 0.3) is 0 Å². The first-order chi connectivity index (χ1) is 9.61. The summed E-state index contributed by atoms with van der Waals surface area (Å²) in [6.45, 7) is 3.17. The number of carbonyl (C=O) groups is 3. The highest BCUT2D eigenvalue weighted by Gasteiger charge is 2.31. The van der Waals surface area contributed by atoms with Crippen molar-refractivity contribution in [3.63, 3.8) is 0 Å². The molecule has 0 aromatic carbocycles. The Balaban J connectivity index is 2.52. The second-order valence-electron chi connectivity index (χ2n) is 5.28. The topological polar surface area (TPSA) is 86.7 Å². The molecule has 0 spiro atoms. The maximum Gasteiger partial charge on any atom is 0.324 e. The number of nitrogens with zero attached hydrogens (tertiary/aromatic N) is 1. The van der Waals surface area contributed by atoms with E-state index >= 15 is 0 Å². The van der Waals surface area contributed by atoms with Crippen LogP contribution in [-0.2, 0) is 16.1 Å². The van der Waals surface area contributed by atoms with Crippen molar-refractivity contribution in [1.82, 2.24) is 10.2 Å². The molecule has 0 aliphatic rings. The zero-order valence-corrected chi connectivity index (χ0v) is 13.5. The van der Waals surface area contributed by atoms with Gasteiger partial charge in [0.05, 0.1) is 16.3 Å². The van der Waals surface area contributed by atoms with Crippen molar-refractivity contribution in [2.24, 2.45) is 5.41 Å². The van der Waals surface area contributed by atoms with Gasteiger partial charge >= 0.3 is 12.0 Å². The highest BCUT2D eigenvalue weighted by molar-refractivity contribution is 7.16. The average Bonchev–Trinajstić information content (AvgIpc) is 2.73. The van der Waals surface area contributed by atoms with Crippen LogP contribution in [0.4, 0.5) is 4.79 Å². The van der Waals surface area contributed by atoms with Crippen molar-refractivity contribution in [3.8, 4) is 0 Å². The van der Waals surface area contributed by atoms with Crippen LogP contribution in [0.25, 0.3) is 0 Å². The summed E-state index contributed by atoms with van der Waals surface area (Å²) < 4.78 is 0.623. The minimum atomic E-state index is -1.22. The normalized spacial score (nSPS) is 11.0. The lowest BCUT2D eigenvalue weighted by Gasteiger charge is -2.20. The molecule has 116 valence electrons. The van der Waals surface area contributed by atoms with Crippen LogP contribution in [0.3, 0.4) is 0 Å². The zero-order chi connectivity index (χ0) is 16.2. The number of amides is 3. The number of carboxylic acids is 1. The fraction of sp³-hybridized carbons (Fsp3) is 0.462. The number of carboxylic acid groups (broad SMARTS) is 1. The third-order valence-electron chi connectivity index (χ3n) is 2.80. The Morgan fingerprint density at radius 3 is 2.48 bits per heavy atom. The molecule has 0 aliphatic heterocycles. The van der Waals surface area contributed by atoms with E-state index in [0.29, 0.717) is 10.9 Å². The van der Waals surface area contributed by atoms with Crippen LogP contribution in [0, 0.1) is 5.41 Å². The van der Waals surface area contributed by atoms with E-state index in [-0.39, 0.29) is 6.42 Å². The lowest BCUT2D eigenvalue weighted by Crippen LogP contribution is -2.42. The van der Waals surface area contributed by atoms with E-state index in [2.05, 4.69) is 5.32 Å². The van der Waals surface area contributed by atoms with Crippen LogP contribution in [-0.4, -0.2) is 35.0 Å². The van der Waals surface area contributed by atoms with Crippen LogP contribution in [0.2, 0.25) is 4.34 Å². The third kappa shape index (κ3) is 5.35. The molecule has 3 amide bonds. The van der Waals surface area contributed by atoms with E-state index in [1.54, 1.807) is 19.2 Å². The number of halogens is 1. The van der Waals surface area contributed by atoms with E-state index in [1.807, 2.05) is 0 Å². The quantitative estimate of drug-likeness (QED) is 0.867. The Labute approximate surface area is 131 Å². The molecule has 1 heterocycles. The molecular weight excluding hydrogens is 316 g/mol. The number of rotatable bonds is 5. The van der Waals surface area contributed by atoms with Crippen molar-refractivity contribution in [1.29, 1.82) is 0 Å². The SMILES string of the molecule is CN(Cc1ccc(Cl)s1)C(=O)NC(=O)CC(C)(C)C(=O)O. The van der Waals surface area contributed by atoms with Gasteiger partial charge in [0.1, 0.15) is 0 Å². The monoisotopic (exact) mass is 332 g/mol. The van der Waals surface area contributed by atoms with Gasteiger partial charge in [-0.05, 0) is 26.0 Å². The summed E-state index contributed by atoms with van der Waals surface area (Å²) in [5, 5.41) is 11.1. The van der Waals surface area contributed by atoms with Gasteiger partial charge in [0.2, 0.25) is 5.91 Å². The number of hydrogen-bond acceptors (Lipinski definition) is 4. The van der Waals surface area contributed by atoms with Crippen molar-refractivity contribution in [2.75, 3.05) is 7.05 Å². The Hall–Kier alpha value is -1.60. The second-order valence-corrected chi connectivity index (χ2v) is 7.08. The molecule has 0 atom stereocenters. The molecule has 2 N–H and O–H groups in total. The summed E-state index contributed by atoms with van der Waals surface area (Å²) in [6.07, 6.45) is -0.271. The molecule has 1 aromatic rings. The largest absolute Gasteiger partial charge is 0.481 e. The maximum atomic E-state index is 11.8. The Morgan fingerprint density at radius 1 is 1.38 bits per heavy atom. The Morgan fingerprint density at radius 2 is 2.00 bits per heavy atom. The summed E-state index contributed by atoms with van der Waals surface area (Å²) in [5.41, 5.74) is -1.22. The number of thiophene rings is 1. The van der Waals surface area contributed by atoms with Crippen LogP contribution >= 0.6 is 22.9 Å². The van der Waals surface area contributed by atoms with Gasteiger partial charge in [0, 0.05) is 18.3 Å².